The van der Waals surface area contributed by atoms with Gasteiger partial charge in [0, 0.05) is 50.8 Å². The lowest BCUT2D eigenvalue weighted by Crippen LogP contribution is -2.39. The molecular formula is C24H33FN4O2. The van der Waals surface area contributed by atoms with Crippen LogP contribution >= 0.6 is 0 Å². The molecule has 1 aliphatic rings. The molecule has 1 atom stereocenters. The van der Waals surface area contributed by atoms with Gasteiger partial charge in [0.15, 0.2) is 5.96 Å². The van der Waals surface area contributed by atoms with Gasteiger partial charge in [-0.1, -0.05) is 6.07 Å². The fourth-order valence-electron chi connectivity index (χ4n) is 4.00. The summed E-state index contributed by atoms with van der Waals surface area (Å²) in [5.41, 5.74) is 2.95. The minimum Gasteiger partial charge on any atom is -0.497 e. The minimum atomic E-state index is -0.169. The number of likely N-dealkylation sites (tertiary alicyclic amines) is 1. The number of guanidine groups is 1. The minimum absolute atomic E-state index is 0.169. The summed E-state index contributed by atoms with van der Waals surface area (Å²) in [6.45, 7) is 2.96. The molecule has 2 aromatic rings. The number of nitrogens with zero attached hydrogens (tertiary/aromatic N) is 3. The Morgan fingerprint density at radius 2 is 1.87 bits per heavy atom. The van der Waals surface area contributed by atoms with Crippen molar-refractivity contribution in [1.82, 2.24) is 15.1 Å². The van der Waals surface area contributed by atoms with E-state index in [9.17, 15) is 4.39 Å². The van der Waals surface area contributed by atoms with Gasteiger partial charge in [0.1, 0.15) is 17.3 Å². The van der Waals surface area contributed by atoms with Gasteiger partial charge in [-0.3, -0.25) is 4.99 Å². The van der Waals surface area contributed by atoms with E-state index in [0.29, 0.717) is 24.6 Å². The maximum Gasteiger partial charge on any atom is 0.193 e. The third-order valence-corrected chi connectivity index (χ3v) is 5.59. The van der Waals surface area contributed by atoms with Crippen LogP contribution in [0.2, 0.25) is 0 Å². The van der Waals surface area contributed by atoms with E-state index >= 15 is 0 Å². The topological polar surface area (TPSA) is 49.3 Å². The molecule has 3 rings (SSSR count). The van der Waals surface area contributed by atoms with Crippen LogP contribution in [0.5, 0.6) is 11.5 Å². The molecule has 0 saturated carbocycles. The van der Waals surface area contributed by atoms with Gasteiger partial charge in [0.2, 0.25) is 0 Å². The average molecular weight is 429 g/mol. The van der Waals surface area contributed by atoms with Gasteiger partial charge < -0.3 is 24.6 Å². The zero-order chi connectivity index (χ0) is 22.4. The van der Waals surface area contributed by atoms with E-state index < -0.39 is 0 Å². The third kappa shape index (κ3) is 5.88. The Kier molecular flexibility index (Phi) is 7.74. The average Bonchev–Trinajstić information content (AvgIpc) is 3.25. The lowest BCUT2D eigenvalue weighted by Gasteiger charge is -2.22. The number of methoxy groups -OCH3 is 2. The molecule has 1 unspecified atom stereocenters. The largest absolute Gasteiger partial charge is 0.497 e. The Morgan fingerprint density at radius 3 is 2.48 bits per heavy atom. The summed E-state index contributed by atoms with van der Waals surface area (Å²) in [6.07, 6.45) is 1.03. The number of benzene rings is 2. The lowest BCUT2D eigenvalue weighted by molar-refractivity contribution is 0.392. The van der Waals surface area contributed by atoms with E-state index in [-0.39, 0.29) is 5.82 Å². The van der Waals surface area contributed by atoms with Crippen molar-refractivity contribution in [2.75, 3.05) is 48.5 Å². The molecule has 0 amide bonds. The zero-order valence-corrected chi connectivity index (χ0v) is 19.1. The number of hydrogen-bond donors (Lipinski definition) is 1. The molecule has 168 valence electrons. The number of hydrogen-bond acceptors (Lipinski definition) is 4. The molecule has 0 bridgehead atoms. The van der Waals surface area contributed by atoms with Gasteiger partial charge in [-0.2, -0.15) is 0 Å². The molecule has 0 radical (unpaired) electrons. The summed E-state index contributed by atoms with van der Waals surface area (Å²) in [6, 6.07) is 11.3. The van der Waals surface area contributed by atoms with Crippen LogP contribution in [0.25, 0.3) is 0 Å². The van der Waals surface area contributed by atoms with Crippen LogP contribution in [0.3, 0.4) is 0 Å². The van der Waals surface area contributed by atoms with Crippen LogP contribution in [0, 0.1) is 5.82 Å². The summed E-state index contributed by atoms with van der Waals surface area (Å²) < 4.78 is 24.9. The summed E-state index contributed by atoms with van der Waals surface area (Å²) in [5.74, 6) is 2.68. The van der Waals surface area contributed by atoms with Crippen molar-refractivity contribution in [3.63, 3.8) is 0 Å². The fourth-order valence-corrected chi connectivity index (χ4v) is 4.00. The SMILES string of the molecule is CN=C(NCc1ccc(F)c(CN(C)C)c1)N1CCC(c2cc(OC)cc(OC)c2)C1. The van der Waals surface area contributed by atoms with Crippen molar-refractivity contribution >= 4 is 5.96 Å². The van der Waals surface area contributed by atoms with Crippen LogP contribution in [0.15, 0.2) is 41.4 Å². The Bertz CT molecular complexity index is 894. The van der Waals surface area contributed by atoms with E-state index in [2.05, 4.69) is 27.3 Å². The first-order chi connectivity index (χ1) is 14.9. The molecule has 1 N–H and O–H groups in total. The highest BCUT2D eigenvalue weighted by molar-refractivity contribution is 5.80. The van der Waals surface area contributed by atoms with Gasteiger partial charge in [-0.15, -0.1) is 0 Å². The first-order valence-electron chi connectivity index (χ1n) is 10.5. The van der Waals surface area contributed by atoms with E-state index in [4.69, 9.17) is 9.47 Å². The highest BCUT2D eigenvalue weighted by Crippen LogP contribution is 2.32. The Labute approximate surface area is 184 Å². The number of aliphatic imine (C=N–C) groups is 1. The quantitative estimate of drug-likeness (QED) is 0.541. The Morgan fingerprint density at radius 1 is 1.16 bits per heavy atom. The van der Waals surface area contributed by atoms with Crippen LogP contribution in [0.4, 0.5) is 4.39 Å². The van der Waals surface area contributed by atoms with Crippen molar-refractivity contribution in [1.29, 1.82) is 0 Å². The Balaban J connectivity index is 1.64. The van der Waals surface area contributed by atoms with Crippen molar-refractivity contribution in [2.24, 2.45) is 4.99 Å². The highest BCUT2D eigenvalue weighted by atomic mass is 19.1. The van der Waals surface area contributed by atoms with E-state index in [1.165, 1.54) is 5.56 Å². The fraction of sp³-hybridized carbons (Fsp3) is 0.458. The van der Waals surface area contributed by atoms with Crippen molar-refractivity contribution in [3.8, 4) is 11.5 Å². The standard InChI is InChI=1S/C24H33FN4O2/c1-26-24(27-14-17-6-7-23(25)20(10-17)15-28(2)3)29-9-8-18(16-29)19-11-21(30-4)13-22(12-19)31-5/h6-7,10-13,18H,8-9,14-16H2,1-5H3,(H,26,27). The zero-order valence-electron chi connectivity index (χ0n) is 19.1. The van der Waals surface area contributed by atoms with Crippen molar-refractivity contribution in [3.05, 3.63) is 58.9 Å². The molecule has 1 saturated heterocycles. The predicted molar refractivity (Wildman–Crippen MR) is 122 cm³/mol. The smallest absolute Gasteiger partial charge is 0.193 e. The first kappa shape index (κ1) is 22.9. The Hall–Kier alpha value is -2.80. The van der Waals surface area contributed by atoms with E-state index in [1.807, 2.05) is 37.2 Å². The van der Waals surface area contributed by atoms with Crippen LogP contribution in [-0.4, -0.2) is 64.2 Å². The maximum absolute atomic E-state index is 14.1. The van der Waals surface area contributed by atoms with Gasteiger partial charge in [0.05, 0.1) is 14.2 Å². The molecule has 1 fully saturated rings. The second kappa shape index (κ2) is 10.5. The third-order valence-electron chi connectivity index (χ3n) is 5.59. The number of halogens is 1. The second-order valence-electron chi connectivity index (χ2n) is 8.14. The summed E-state index contributed by atoms with van der Waals surface area (Å²) in [5, 5.41) is 3.44. The second-order valence-corrected chi connectivity index (χ2v) is 8.14. The van der Waals surface area contributed by atoms with Crippen molar-refractivity contribution < 1.29 is 13.9 Å². The molecule has 31 heavy (non-hydrogen) atoms. The molecule has 0 aliphatic carbocycles. The van der Waals surface area contributed by atoms with Gasteiger partial charge >= 0.3 is 0 Å². The molecule has 0 spiro atoms. The van der Waals surface area contributed by atoms with Crippen LogP contribution in [0.1, 0.15) is 29.0 Å². The van der Waals surface area contributed by atoms with E-state index in [1.54, 1.807) is 27.3 Å². The predicted octanol–water partition coefficient (Wildman–Crippen LogP) is 3.47. The molecule has 0 aromatic heterocycles. The summed E-state index contributed by atoms with van der Waals surface area (Å²) in [4.78, 5) is 8.70. The van der Waals surface area contributed by atoms with Crippen LogP contribution in [-0.2, 0) is 13.1 Å². The molecule has 1 aliphatic heterocycles. The highest BCUT2D eigenvalue weighted by Gasteiger charge is 2.27. The first-order valence-corrected chi connectivity index (χ1v) is 10.5. The molecular weight excluding hydrogens is 395 g/mol. The lowest BCUT2D eigenvalue weighted by atomic mass is 9.98. The van der Waals surface area contributed by atoms with E-state index in [0.717, 1.165) is 42.5 Å². The number of rotatable bonds is 7. The summed E-state index contributed by atoms with van der Waals surface area (Å²) >= 11 is 0. The molecule has 7 heteroatoms. The van der Waals surface area contributed by atoms with Crippen molar-refractivity contribution in [2.45, 2.75) is 25.4 Å². The van der Waals surface area contributed by atoms with Crippen LogP contribution < -0.4 is 14.8 Å². The normalized spacial score (nSPS) is 16.7. The number of nitrogens with one attached hydrogen (secondary N) is 1. The molecule has 1 heterocycles. The number of ether oxygens (including phenoxy) is 2. The maximum atomic E-state index is 14.1. The monoisotopic (exact) mass is 428 g/mol. The molecule has 2 aromatic carbocycles. The molecule has 6 nitrogen and oxygen atoms in total. The summed E-state index contributed by atoms with van der Waals surface area (Å²) in [7, 11) is 9.02. The van der Waals surface area contributed by atoms with Gasteiger partial charge in [-0.25, -0.2) is 4.39 Å². The van der Waals surface area contributed by atoms with Gasteiger partial charge in [0.25, 0.3) is 0 Å². The van der Waals surface area contributed by atoms with Gasteiger partial charge in [-0.05, 0) is 55.9 Å².